The van der Waals surface area contributed by atoms with Crippen LogP contribution in [0.2, 0.25) is 0 Å². The molecule has 4 rings (SSSR count). The number of nitrogens with zero attached hydrogens (tertiary/aromatic N) is 2. The Bertz CT molecular complexity index is 1120. The first kappa shape index (κ1) is 21.2. The van der Waals surface area contributed by atoms with Gasteiger partial charge in [0.1, 0.15) is 0 Å². The van der Waals surface area contributed by atoms with E-state index in [0.29, 0.717) is 34.3 Å². The van der Waals surface area contributed by atoms with E-state index >= 15 is 0 Å². The predicted octanol–water partition coefficient (Wildman–Crippen LogP) is 4.26. The van der Waals surface area contributed by atoms with Crippen molar-refractivity contribution < 1.29 is 13.2 Å². The van der Waals surface area contributed by atoms with Crippen molar-refractivity contribution in [2.24, 2.45) is 5.92 Å². The lowest BCUT2D eigenvalue weighted by Crippen LogP contribution is -2.39. The molecule has 1 aromatic carbocycles. The number of sulfonamides is 1. The molecule has 6 nitrogen and oxygen atoms in total. The molecule has 0 aliphatic carbocycles. The number of nitrogens with one attached hydrogen (secondary N) is 1. The lowest BCUT2D eigenvalue weighted by atomic mass is 9.98. The van der Waals surface area contributed by atoms with Gasteiger partial charge in [-0.25, -0.2) is 13.4 Å². The Balaban J connectivity index is 1.31. The van der Waals surface area contributed by atoms with Crippen LogP contribution in [-0.4, -0.2) is 43.1 Å². The van der Waals surface area contributed by atoms with Crippen LogP contribution in [0.1, 0.15) is 33.6 Å². The van der Waals surface area contributed by atoms with Gasteiger partial charge in [0.15, 0.2) is 5.13 Å². The minimum absolute atomic E-state index is 0.00871. The average Bonchev–Trinajstić information content (AvgIpc) is 3.45. The van der Waals surface area contributed by atoms with Gasteiger partial charge in [-0.05, 0) is 42.7 Å². The van der Waals surface area contributed by atoms with Crippen LogP contribution in [0.15, 0.2) is 52.2 Å². The number of ketones is 1. The zero-order valence-corrected chi connectivity index (χ0v) is 19.0. The summed E-state index contributed by atoms with van der Waals surface area (Å²) >= 11 is 2.75. The topological polar surface area (TPSA) is 79.4 Å². The molecule has 3 aromatic rings. The van der Waals surface area contributed by atoms with Crippen molar-refractivity contribution in [3.05, 3.63) is 63.3 Å². The van der Waals surface area contributed by atoms with Crippen LogP contribution in [0.25, 0.3) is 0 Å². The summed E-state index contributed by atoms with van der Waals surface area (Å²) in [6.07, 6.45) is 3.23. The molecular weight excluding hydrogens is 438 g/mol. The quantitative estimate of drug-likeness (QED) is 0.532. The molecule has 3 heterocycles. The number of piperidine rings is 1. The van der Waals surface area contributed by atoms with Crippen LogP contribution in [0.5, 0.6) is 0 Å². The number of thiazole rings is 1. The van der Waals surface area contributed by atoms with Crippen molar-refractivity contribution in [3.8, 4) is 0 Å². The number of aromatic nitrogens is 1. The molecule has 1 fully saturated rings. The fraction of sp³-hybridized carbons (Fsp3) is 0.333. The third kappa shape index (κ3) is 4.49. The molecule has 9 heteroatoms. The minimum Gasteiger partial charge on any atom is -0.361 e. The second-order valence-electron chi connectivity index (χ2n) is 7.36. The van der Waals surface area contributed by atoms with E-state index in [1.54, 1.807) is 27.3 Å². The van der Waals surface area contributed by atoms with E-state index in [0.717, 1.165) is 30.1 Å². The highest BCUT2D eigenvalue weighted by Gasteiger charge is 2.29. The second kappa shape index (κ2) is 8.97. The second-order valence-corrected chi connectivity index (χ2v) is 11.1. The Morgan fingerprint density at radius 1 is 1.23 bits per heavy atom. The van der Waals surface area contributed by atoms with Gasteiger partial charge in [-0.1, -0.05) is 35.6 Å². The van der Waals surface area contributed by atoms with E-state index in [1.807, 2.05) is 31.2 Å². The van der Waals surface area contributed by atoms with Gasteiger partial charge in [0, 0.05) is 30.6 Å². The highest BCUT2D eigenvalue weighted by atomic mass is 32.2. The standard InChI is InChI=1S/C21H23N3O3S3/c1-15-4-2-3-5-18(15)20(25)19-13-23-21(29-19)22-12-16-6-9-24(10-7-16)30(26,27)17-8-11-28-14-17/h2-5,8,11,13-14,16H,6-7,9-10,12H2,1H3,(H,22,23). The number of anilines is 1. The normalized spacial score (nSPS) is 15.9. The molecule has 158 valence electrons. The van der Waals surface area contributed by atoms with Crippen molar-refractivity contribution >= 4 is 43.6 Å². The van der Waals surface area contributed by atoms with Crippen LogP contribution in [0.3, 0.4) is 0 Å². The first-order valence-corrected chi connectivity index (χ1v) is 13.0. The first-order chi connectivity index (χ1) is 14.4. The Morgan fingerprint density at radius 2 is 2.00 bits per heavy atom. The van der Waals surface area contributed by atoms with Gasteiger partial charge in [0.2, 0.25) is 15.8 Å². The molecule has 1 aliphatic rings. The summed E-state index contributed by atoms with van der Waals surface area (Å²) < 4.78 is 26.8. The summed E-state index contributed by atoms with van der Waals surface area (Å²) in [7, 11) is -3.37. The molecule has 1 saturated heterocycles. The Morgan fingerprint density at radius 3 is 2.70 bits per heavy atom. The maximum Gasteiger partial charge on any atom is 0.243 e. The summed E-state index contributed by atoms with van der Waals surface area (Å²) in [6, 6.07) is 9.21. The maximum absolute atomic E-state index is 12.7. The van der Waals surface area contributed by atoms with Crippen LogP contribution >= 0.6 is 22.7 Å². The molecule has 0 amide bonds. The first-order valence-electron chi connectivity index (χ1n) is 9.77. The van der Waals surface area contributed by atoms with E-state index < -0.39 is 10.0 Å². The predicted molar refractivity (Wildman–Crippen MR) is 121 cm³/mol. The smallest absolute Gasteiger partial charge is 0.243 e. The van der Waals surface area contributed by atoms with Gasteiger partial charge in [-0.2, -0.15) is 15.6 Å². The average molecular weight is 462 g/mol. The van der Waals surface area contributed by atoms with Crippen LogP contribution < -0.4 is 5.32 Å². The minimum atomic E-state index is -3.37. The summed E-state index contributed by atoms with van der Waals surface area (Å²) in [5.41, 5.74) is 1.65. The lowest BCUT2D eigenvalue weighted by molar-refractivity contribution is 0.104. The number of hydrogen-bond donors (Lipinski definition) is 1. The fourth-order valence-electron chi connectivity index (χ4n) is 3.55. The summed E-state index contributed by atoms with van der Waals surface area (Å²) in [5.74, 6) is 0.365. The van der Waals surface area contributed by atoms with Crippen molar-refractivity contribution in [2.75, 3.05) is 25.0 Å². The van der Waals surface area contributed by atoms with Crippen LogP contribution in [0, 0.1) is 12.8 Å². The van der Waals surface area contributed by atoms with Crippen LogP contribution in [0.4, 0.5) is 5.13 Å². The number of aryl methyl sites for hydroxylation is 1. The summed E-state index contributed by atoms with van der Waals surface area (Å²) in [6.45, 7) is 3.70. The number of carbonyl (C=O) groups is 1. The molecule has 1 aliphatic heterocycles. The molecule has 0 saturated carbocycles. The van der Waals surface area contributed by atoms with Crippen molar-refractivity contribution in [1.29, 1.82) is 0 Å². The maximum atomic E-state index is 12.7. The molecule has 0 unspecified atom stereocenters. The van der Waals surface area contributed by atoms with E-state index in [9.17, 15) is 13.2 Å². The number of hydrogen-bond acceptors (Lipinski definition) is 7. The van der Waals surface area contributed by atoms with E-state index in [1.165, 1.54) is 22.7 Å². The summed E-state index contributed by atoms with van der Waals surface area (Å²) in [5, 5.41) is 7.52. The van der Waals surface area contributed by atoms with Gasteiger partial charge in [0.25, 0.3) is 0 Å². The SMILES string of the molecule is Cc1ccccc1C(=O)c1cnc(NCC2CCN(S(=O)(=O)c3ccsc3)CC2)s1. The highest BCUT2D eigenvalue weighted by molar-refractivity contribution is 7.89. The van der Waals surface area contributed by atoms with E-state index in [-0.39, 0.29) is 5.78 Å². The van der Waals surface area contributed by atoms with Gasteiger partial charge in [-0.3, -0.25) is 4.79 Å². The van der Waals surface area contributed by atoms with Gasteiger partial charge in [-0.15, -0.1) is 0 Å². The zero-order chi connectivity index (χ0) is 21.1. The highest BCUT2D eigenvalue weighted by Crippen LogP contribution is 2.27. The molecule has 0 bridgehead atoms. The van der Waals surface area contributed by atoms with Crippen molar-refractivity contribution in [3.63, 3.8) is 0 Å². The van der Waals surface area contributed by atoms with Gasteiger partial charge >= 0.3 is 0 Å². The van der Waals surface area contributed by atoms with Gasteiger partial charge < -0.3 is 5.32 Å². The summed E-state index contributed by atoms with van der Waals surface area (Å²) in [4.78, 5) is 18.0. The van der Waals surface area contributed by atoms with Crippen molar-refractivity contribution in [1.82, 2.24) is 9.29 Å². The van der Waals surface area contributed by atoms with E-state index in [4.69, 9.17) is 0 Å². The fourth-order valence-corrected chi connectivity index (χ4v) is 6.82. The Kier molecular flexibility index (Phi) is 6.33. The molecule has 0 atom stereocenters. The third-order valence-corrected chi connectivity index (χ3v) is 9.05. The number of thiophene rings is 1. The third-order valence-electron chi connectivity index (χ3n) is 5.37. The molecule has 1 N–H and O–H groups in total. The van der Waals surface area contributed by atoms with Crippen molar-refractivity contribution in [2.45, 2.75) is 24.7 Å². The molecule has 2 aromatic heterocycles. The van der Waals surface area contributed by atoms with E-state index in [2.05, 4.69) is 10.3 Å². The molecule has 0 spiro atoms. The molecule has 0 radical (unpaired) electrons. The van der Waals surface area contributed by atoms with Gasteiger partial charge in [0.05, 0.1) is 16.0 Å². The Hall–Kier alpha value is -2.07. The molecule has 30 heavy (non-hydrogen) atoms. The number of rotatable bonds is 7. The molecular formula is C21H23N3O3S3. The zero-order valence-electron chi connectivity index (χ0n) is 16.6. The monoisotopic (exact) mass is 461 g/mol. The Labute approximate surface area is 184 Å². The lowest BCUT2D eigenvalue weighted by Gasteiger charge is -2.31. The van der Waals surface area contributed by atoms with Crippen LogP contribution in [-0.2, 0) is 10.0 Å². The number of carbonyl (C=O) groups excluding carboxylic acids is 1. The number of benzene rings is 1. The largest absolute Gasteiger partial charge is 0.361 e.